The van der Waals surface area contributed by atoms with Crippen molar-refractivity contribution in [1.29, 1.82) is 0 Å². The molecule has 0 bridgehead atoms. The molecule has 1 aromatic rings. The van der Waals surface area contributed by atoms with Crippen LogP contribution in [0.1, 0.15) is 20.3 Å². The molecule has 0 aromatic carbocycles. The van der Waals surface area contributed by atoms with Gasteiger partial charge in [0, 0.05) is 18.7 Å². The van der Waals surface area contributed by atoms with Crippen molar-refractivity contribution in [2.45, 2.75) is 20.3 Å². The molecule has 5 heteroatoms. The van der Waals surface area contributed by atoms with Gasteiger partial charge in [0.1, 0.15) is 0 Å². The van der Waals surface area contributed by atoms with E-state index >= 15 is 0 Å². The van der Waals surface area contributed by atoms with Crippen LogP contribution in [0, 0.1) is 0 Å². The predicted octanol–water partition coefficient (Wildman–Crippen LogP) is -1.57. The molecule has 0 amide bonds. The molecule has 1 N–H and O–H groups in total. The number of halogens is 2. The molecule has 0 unspecified atom stereocenters. The molecule has 1 aromatic heterocycles. The van der Waals surface area contributed by atoms with Gasteiger partial charge in [-0.1, -0.05) is 11.6 Å². The van der Waals surface area contributed by atoms with Crippen molar-refractivity contribution in [3.63, 3.8) is 0 Å². The van der Waals surface area contributed by atoms with Crippen LogP contribution in [-0.4, -0.2) is 31.2 Å². The average Bonchev–Trinajstić information content (AvgIpc) is 2.32. The topological polar surface area (TPSA) is 26.6 Å². The third kappa shape index (κ3) is 6.71. The second-order valence-corrected chi connectivity index (χ2v) is 4.16. The van der Waals surface area contributed by atoms with Crippen LogP contribution in [0.3, 0.4) is 0 Å². The summed E-state index contributed by atoms with van der Waals surface area (Å²) < 4.78 is 5.52. The number of hydrogen-bond acceptors (Lipinski definition) is 2. The van der Waals surface area contributed by atoms with E-state index in [-0.39, 0.29) is 12.4 Å². The van der Waals surface area contributed by atoms with Gasteiger partial charge in [-0.05, 0) is 19.9 Å². The summed E-state index contributed by atoms with van der Waals surface area (Å²) in [6.45, 7) is 8.64. The fraction of sp³-hybridized carbons (Fsp3) is 0.583. The minimum absolute atomic E-state index is 0. The van der Waals surface area contributed by atoms with E-state index in [1.165, 1.54) is 13.1 Å². The van der Waals surface area contributed by atoms with Crippen LogP contribution in [0.2, 0.25) is 5.02 Å². The Labute approximate surface area is 115 Å². The monoisotopic (exact) mass is 278 g/mol. The Morgan fingerprint density at radius 3 is 2.53 bits per heavy atom. The maximum Gasteiger partial charge on any atom is 0.213 e. The third-order valence-electron chi connectivity index (χ3n) is 2.62. The van der Waals surface area contributed by atoms with Crippen molar-refractivity contribution in [2.24, 2.45) is 0 Å². The highest BCUT2D eigenvalue weighted by Crippen LogP contribution is 2.11. The molecule has 1 rings (SSSR count). The van der Waals surface area contributed by atoms with Crippen molar-refractivity contribution in [3.8, 4) is 5.88 Å². The van der Waals surface area contributed by atoms with E-state index in [4.69, 9.17) is 16.3 Å². The Morgan fingerprint density at radius 1 is 1.29 bits per heavy atom. The van der Waals surface area contributed by atoms with Crippen LogP contribution in [0.4, 0.5) is 0 Å². The van der Waals surface area contributed by atoms with E-state index in [0.29, 0.717) is 10.9 Å². The van der Waals surface area contributed by atoms with E-state index < -0.39 is 0 Å². The Kier molecular flexibility index (Phi) is 9.23. The molecule has 0 atom stereocenters. The summed E-state index contributed by atoms with van der Waals surface area (Å²) in [5, 5.41) is 0.639. The Balaban J connectivity index is 0.00000256. The van der Waals surface area contributed by atoms with E-state index in [2.05, 4.69) is 18.8 Å². The second kappa shape index (κ2) is 9.51. The Morgan fingerprint density at radius 2 is 2.00 bits per heavy atom. The molecule has 0 radical (unpaired) electrons. The van der Waals surface area contributed by atoms with Crippen molar-refractivity contribution < 1.29 is 22.0 Å². The molecular formula is C12H20Cl2N2O. The summed E-state index contributed by atoms with van der Waals surface area (Å²) in [6.07, 6.45) is 2.66. The fourth-order valence-corrected chi connectivity index (χ4v) is 1.66. The summed E-state index contributed by atoms with van der Waals surface area (Å²) in [5.74, 6) is 0.652. The van der Waals surface area contributed by atoms with E-state index in [9.17, 15) is 0 Å². The molecule has 0 aliphatic carbocycles. The molecule has 17 heavy (non-hydrogen) atoms. The van der Waals surface area contributed by atoms with E-state index in [0.717, 1.165) is 19.6 Å². The highest BCUT2D eigenvalue weighted by molar-refractivity contribution is 6.30. The molecule has 0 aliphatic heterocycles. The lowest BCUT2D eigenvalue weighted by Gasteiger charge is -2.14. The van der Waals surface area contributed by atoms with Crippen LogP contribution < -0.4 is 22.0 Å². The van der Waals surface area contributed by atoms with Gasteiger partial charge in [0.05, 0.1) is 31.3 Å². The van der Waals surface area contributed by atoms with Crippen LogP contribution in [-0.2, 0) is 0 Å². The molecule has 1 heterocycles. The molecular weight excluding hydrogens is 259 g/mol. The maximum absolute atomic E-state index is 5.73. The first-order valence-corrected chi connectivity index (χ1v) is 6.22. The lowest BCUT2D eigenvalue weighted by molar-refractivity contribution is -0.896. The lowest BCUT2D eigenvalue weighted by atomic mass is 10.4. The number of ether oxygens (including phenoxy) is 1. The van der Waals surface area contributed by atoms with Crippen LogP contribution in [0.5, 0.6) is 5.88 Å². The highest BCUT2D eigenvalue weighted by atomic mass is 35.5. The third-order valence-corrected chi connectivity index (χ3v) is 2.85. The fourth-order valence-electron chi connectivity index (χ4n) is 1.55. The zero-order valence-electron chi connectivity index (χ0n) is 10.4. The van der Waals surface area contributed by atoms with Crippen LogP contribution in [0.15, 0.2) is 18.3 Å². The van der Waals surface area contributed by atoms with Gasteiger partial charge < -0.3 is 22.0 Å². The highest BCUT2D eigenvalue weighted by Gasteiger charge is 2.02. The molecule has 0 spiro atoms. The predicted molar refractivity (Wildman–Crippen MR) is 66.3 cm³/mol. The first-order chi connectivity index (χ1) is 7.76. The van der Waals surface area contributed by atoms with Gasteiger partial charge in [0.15, 0.2) is 0 Å². The standard InChI is InChI=1S/C12H19ClN2O.ClH/c1-3-15(4-2)8-5-9-16-12-7-6-11(13)10-14-12;/h6-7,10H,3-5,8-9H2,1-2H3;1H. The first-order valence-electron chi connectivity index (χ1n) is 5.84. The molecule has 0 aliphatic rings. The summed E-state index contributed by atoms with van der Waals surface area (Å²) >= 11 is 5.73. The van der Waals surface area contributed by atoms with Crippen molar-refractivity contribution in [3.05, 3.63) is 23.4 Å². The SMILES string of the molecule is CC[NH+](CC)CCCOc1ccc(Cl)cn1.[Cl-]. The van der Waals surface area contributed by atoms with Crippen molar-refractivity contribution in [1.82, 2.24) is 4.98 Å². The smallest absolute Gasteiger partial charge is 0.213 e. The Bertz CT molecular complexity index is 289. The van der Waals surface area contributed by atoms with Crippen molar-refractivity contribution >= 4 is 11.6 Å². The first kappa shape index (κ1) is 16.5. The van der Waals surface area contributed by atoms with Crippen molar-refractivity contribution in [2.75, 3.05) is 26.2 Å². The van der Waals surface area contributed by atoms with Gasteiger partial charge in [-0.15, -0.1) is 0 Å². The second-order valence-electron chi connectivity index (χ2n) is 3.72. The number of aromatic nitrogens is 1. The van der Waals surface area contributed by atoms with E-state index in [1.807, 2.05) is 0 Å². The number of quaternary nitrogens is 1. The Hall–Kier alpha value is -0.510. The summed E-state index contributed by atoms with van der Waals surface area (Å²) in [4.78, 5) is 5.68. The van der Waals surface area contributed by atoms with Crippen LogP contribution in [0.25, 0.3) is 0 Å². The number of pyridine rings is 1. The lowest BCUT2D eigenvalue weighted by Crippen LogP contribution is -3.11. The quantitative estimate of drug-likeness (QED) is 0.611. The van der Waals surface area contributed by atoms with Gasteiger partial charge in [0.2, 0.25) is 5.88 Å². The van der Waals surface area contributed by atoms with Gasteiger partial charge in [-0.2, -0.15) is 0 Å². The summed E-state index contributed by atoms with van der Waals surface area (Å²) in [5.41, 5.74) is 0. The normalized spacial score (nSPS) is 10.1. The van der Waals surface area contributed by atoms with Crippen LogP contribution >= 0.6 is 11.6 Å². The minimum Gasteiger partial charge on any atom is -1.00 e. The van der Waals surface area contributed by atoms with Gasteiger partial charge in [-0.3, -0.25) is 0 Å². The zero-order chi connectivity index (χ0) is 11.8. The number of nitrogens with one attached hydrogen (secondary N) is 1. The minimum atomic E-state index is 0. The summed E-state index contributed by atoms with van der Waals surface area (Å²) in [6, 6.07) is 3.59. The average molecular weight is 279 g/mol. The van der Waals surface area contributed by atoms with Gasteiger partial charge in [-0.25, -0.2) is 4.98 Å². The van der Waals surface area contributed by atoms with Gasteiger partial charge in [0.25, 0.3) is 0 Å². The van der Waals surface area contributed by atoms with E-state index in [1.54, 1.807) is 23.2 Å². The molecule has 98 valence electrons. The molecule has 3 nitrogen and oxygen atoms in total. The number of rotatable bonds is 7. The number of hydrogen-bond donors (Lipinski definition) is 1. The summed E-state index contributed by atoms with van der Waals surface area (Å²) in [7, 11) is 0. The largest absolute Gasteiger partial charge is 1.00 e. The molecule has 0 saturated carbocycles. The maximum atomic E-state index is 5.73. The zero-order valence-corrected chi connectivity index (χ0v) is 11.9. The molecule has 0 saturated heterocycles. The van der Waals surface area contributed by atoms with Gasteiger partial charge >= 0.3 is 0 Å². The molecule has 0 fully saturated rings. The number of nitrogens with zero attached hydrogens (tertiary/aromatic N) is 1.